The Morgan fingerprint density at radius 1 is 1.16 bits per heavy atom. The summed E-state index contributed by atoms with van der Waals surface area (Å²) >= 11 is 0. The van der Waals surface area contributed by atoms with Crippen LogP contribution in [0.2, 0.25) is 0 Å². The van der Waals surface area contributed by atoms with Gasteiger partial charge in [0, 0.05) is 6.54 Å². The van der Waals surface area contributed by atoms with Gasteiger partial charge in [0.05, 0.1) is 10.6 Å². The van der Waals surface area contributed by atoms with Gasteiger partial charge in [0.2, 0.25) is 0 Å². The van der Waals surface area contributed by atoms with Gasteiger partial charge in [0.25, 0.3) is 0 Å². The molecule has 0 spiro atoms. The third-order valence-electron chi connectivity index (χ3n) is 3.84. The zero-order valence-corrected chi connectivity index (χ0v) is 12.4. The molecule has 0 unspecified atom stereocenters. The monoisotopic (exact) mass is 281 g/mol. The number of rotatable bonds is 6. The molecule has 0 aromatic heterocycles. The zero-order chi connectivity index (χ0) is 13.7. The third kappa shape index (κ3) is 4.32. The van der Waals surface area contributed by atoms with E-state index in [0.29, 0.717) is 11.4 Å². The normalized spacial score (nSPS) is 16.9. The standard InChI is InChI=1S/C15H23NO2S/c1-13-6-8-15(9-7-13)19(17,18)11-10-16-12-14-4-2-3-5-14/h6-9,14,16H,2-5,10-12H2,1H3. The average molecular weight is 281 g/mol. The van der Waals surface area contributed by atoms with E-state index in [2.05, 4.69) is 5.32 Å². The largest absolute Gasteiger partial charge is 0.315 e. The molecule has 3 nitrogen and oxygen atoms in total. The van der Waals surface area contributed by atoms with E-state index in [4.69, 9.17) is 0 Å². The molecule has 1 N–H and O–H groups in total. The maximum atomic E-state index is 12.1. The Balaban J connectivity index is 1.79. The topological polar surface area (TPSA) is 46.2 Å². The van der Waals surface area contributed by atoms with Crippen molar-refractivity contribution < 1.29 is 8.42 Å². The van der Waals surface area contributed by atoms with E-state index in [0.717, 1.165) is 18.0 Å². The molecule has 0 heterocycles. The van der Waals surface area contributed by atoms with Crippen LogP contribution in [-0.2, 0) is 9.84 Å². The molecule has 0 amide bonds. The first-order valence-electron chi connectivity index (χ1n) is 7.08. The lowest BCUT2D eigenvalue weighted by Crippen LogP contribution is -2.27. The molecular formula is C15H23NO2S. The molecule has 1 aromatic carbocycles. The van der Waals surface area contributed by atoms with Gasteiger partial charge in [-0.15, -0.1) is 0 Å². The summed E-state index contributed by atoms with van der Waals surface area (Å²) in [6.45, 7) is 3.47. The SMILES string of the molecule is Cc1ccc(S(=O)(=O)CCNCC2CCCC2)cc1. The highest BCUT2D eigenvalue weighted by molar-refractivity contribution is 7.91. The lowest BCUT2D eigenvalue weighted by atomic mass is 10.1. The van der Waals surface area contributed by atoms with Gasteiger partial charge in [0.15, 0.2) is 9.84 Å². The summed E-state index contributed by atoms with van der Waals surface area (Å²) < 4.78 is 24.2. The van der Waals surface area contributed by atoms with E-state index in [-0.39, 0.29) is 5.75 Å². The molecule has 106 valence electrons. The van der Waals surface area contributed by atoms with Crippen LogP contribution in [0.4, 0.5) is 0 Å². The molecular weight excluding hydrogens is 258 g/mol. The van der Waals surface area contributed by atoms with E-state index in [1.165, 1.54) is 25.7 Å². The second-order valence-corrected chi connectivity index (χ2v) is 7.60. The fourth-order valence-electron chi connectivity index (χ4n) is 2.59. The van der Waals surface area contributed by atoms with Crippen LogP contribution in [0, 0.1) is 12.8 Å². The maximum Gasteiger partial charge on any atom is 0.179 e. The Morgan fingerprint density at radius 2 is 1.79 bits per heavy atom. The molecule has 1 aliphatic carbocycles. The Labute approximate surface area is 116 Å². The minimum Gasteiger partial charge on any atom is -0.315 e. The van der Waals surface area contributed by atoms with Crippen LogP contribution in [0.15, 0.2) is 29.2 Å². The van der Waals surface area contributed by atoms with Crippen molar-refractivity contribution >= 4 is 9.84 Å². The van der Waals surface area contributed by atoms with Crippen molar-refractivity contribution in [2.75, 3.05) is 18.8 Å². The van der Waals surface area contributed by atoms with Gasteiger partial charge in [-0.2, -0.15) is 0 Å². The summed E-state index contributed by atoms with van der Waals surface area (Å²) in [4.78, 5) is 0.431. The Bertz CT molecular complexity index is 487. The first-order chi connectivity index (χ1) is 9.08. The summed E-state index contributed by atoms with van der Waals surface area (Å²) in [7, 11) is -3.14. The lowest BCUT2D eigenvalue weighted by molar-refractivity contribution is 0.497. The molecule has 19 heavy (non-hydrogen) atoms. The minimum atomic E-state index is -3.14. The summed E-state index contributed by atoms with van der Waals surface area (Å²) in [5, 5.41) is 3.29. The Kier molecular flexibility index (Phi) is 4.99. The number of aryl methyl sites for hydroxylation is 1. The van der Waals surface area contributed by atoms with Crippen molar-refractivity contribution in [1.82, 2.24) is 5.32 Å². The molecule has 2 rings (SSSR count). The number of nitrogens with one attached hydrogen (secondary N) is 1. The molecule has 1 fully saturated rings. The first-order valence-corrected chi connectivity index (χ1v) is 8.73. The van der Waals surface area contributed by atoms with Gasteiger partial charge < -0.3 is 5.32 Å². The van der Waals surface area contributed by atoms with Gasteiger partial charge >= 0.3 is 0 Å². The van der Waals surface area contributed by atoms with Crippen molar-refractivity contribution in [3.05, 3.63) is 29.8 Å². The molecule has 1 saturated carbocycles. The van der Waals surface area contributed by atoms with E-state index < -0.39 is 9.84 Å². The quantitative estimate of drug-likeness (QED) is 0.815. The smallest absolute Gasteiger partial charge is 0.179 e. The molecule has 0 radical (unpaired) electrons. The van der Waals surface area contributed by atoms with Crippen LogP contribution in [0.25, 0.3) is 0 Å². The van der Waals surface area contributed by atoms with Crippen LogP contribution in [0.5, 0.6) is 0 Å². The average Bonchev–Trinajstić information content (AvgIpc) is 2.88. The molecule has 0 bridgehead atoms. The molecule has 0 atom stereocenters. The predicted octanol–water partition coefficient (Wildman–Crippen LogP) is 2.55. The molecule has 1 aliphatic rings. The number of hydrogen-bond donors (Lipinski definition) is 1. The highest BCUT2D eigenvalue weighted by atomic mass is 32.2. The number of sulfone groups is 1. The fraction of sp³-hybridized carbons (Fsp3) is 0.600. The van der Waals surface area contributed by atoms with Gasteiger partial charge in [-0.3, -0.25) is 0 Å². The van der Waals surface area contributed by atoms with E-state index in [1.807, 2.05) is 19.1 Å². The van der Waals surface area contributed by atoms with Crippen molar-refractivity contribution in [3.8, 4) is 0 Å². The lowest BCUT2D eigenvalue weighted by Gasteiger charge is -2.10. The molecule has 4 heteroatoms. The first kappa shape index (κ1) is 14.5. The summed E-state index contributed by atoms with van der Waals surface area (Å²) in [6.07, 6.45) is 5.23. The molecule has 0 saturated heterocycles. The highest BCUT2D eigenvalue weighted by Crippen LogP contribution is 2.23. The second-order valence-electron chi connectivity index (χ2n) is 5.49. The third-order valence-corrected chi connectivity index (χ3v) is 5.57. The van der Waals surface area contributed by atoms with Gasteiger partial charge in [-0.1, -0.05) is 30.5 Å². The Morgan fingerprint density at radius 3 is 2.42 bits per heavy atom. The highest BCUT2D eigenvalue weighted by Gasteiger charge is 2.16. The number of benzene rings is 1. The summed E-state index contributed by atoms with van der Waals surface area (Å²) in [5.74, 6) is 0.935. The van der Waals surface area contributed by atoms with Crippen LogP contribution in [0.1, 0.15) is 31.2 Å². The maximum absolute atomic E-state index is 12.1. The van der Waals surface area contributed by atoms with Crippen LogP contribution in [0.3, 0.4) is 0 Å². The van der Waals surface area contributed by atoms with Crippen LogP contribution in [-0.4, -0.2) is 27.3 Å². The predicted molar refractivity (Wildman–Crippen MR) is 78.1 cm³/mol. The fourth-order valence-corrected chi connectivity index (χ4v) is 3.79. The Hall–Kier alpha value is -0.870. The molecule has 1 aromatic rings. The van der Waals surface area contributed by atoms with E-state index >= 15 is 0 Å². The van der Waals surface area contributed by atoms with Crippen molar-refractivity contribution in [2.45, 2.75) is 37.5 Å². The summed E-state index contributed by atoms with van der Waals surface area (Å²) in [6, 6.07) is 7.08. The second kappa shape index (κ2) is 6.53. The van der Waals surface area contributed by atoms with Crippen LogP contribution < -0.4 is 5.32 Å². The van der Waals surface area contributed by atoms with Crippen LogP contribution >= 0.6 is 0 Å². The summed E-state index contributed by atoms with van der Waals surface area (Å²) in [5.41, 5.74) is 1.08. The van der Waals surface area contributed by atoms with E-state index in [9.17, 15) is 8.42 Å². The number of hydrogen-bond acceptors (Lipinski definition) is 3. The zero-order valence-electron chi connectivity index (χ0n) is 11.6. The van der Waals surface area contributed by atoms with Crippen molar-refractivity contribution in [3.63, 3.8) is 0 Å². The van der Waals surface area contributed by atoms with Crippen molar-refractivity contribution in [1.29, 1.82) is 0 Å². The van der Waals surface area contributed by atoms with Gasteiger partial charge in [0.1, 0.15) is 0 Å². The minimum absolute atomic E-state index is 0.183. The van der Waals surface area contributed by atoms with Gasteiger partial charge in [-0.25, -0.2) is 8.42 Å². The van der Waals surface area contributed by atoms with Crippen molar-refractivity contribution in [2.24, 2.45) is 5.92 Å². The van der Waals surface area contributed by atoms with E-state index in [1.54, 1.807) is 12.1 Å². The van der Waals surface area contributed by atoms with Gasteiger partial charge in [-0.05, 0) is 44.4 Å². The molecule has 0 aliphatic heterocycles.